The van der Waals surface area contributed by atoms with E-state index in [4.69, 9.17) is 4.42 Å². The van der Waals surface area contributed by atoms with Crippen LogP contribution in [0.25, 0.3) is 0 Å². The molecule has 2 aromatic rings. The summed E-state index contributed by atoms with van der Waals surface area (Å²) in [7, 11) is 1.80. The highest BCUT2D eigenvalue weighted by atomic mass is 127. The second-order valence-electron chi connectivity index (χ2n) is 5.81. The highest BCUT2D eigenvalue weighted by molar-refractivity contribution is 14.0. The average molecular weight is 539 g/mol. The van der Waals surface area contributed by atoms with Gasteiger partial charge in [-0.25, -0.2) is 0 Å². The van der Waals surface area contributed by atoms with Crippen molar-refractivity contribution in [1.29, 1.82) is 0 Å². The van der Waals surface area contributed by atoms with Gasteiger partial charge in [-0.05, 0) is 60.1 Å². The Bertz CT molecular complexity index is 655. The van der Waals surface area contributed by atoms with Crippen molar-refractivity contribution >= 4 is 57.2 Å². The number of aliphatic imine (C=N–C) groups is 1. The molecule has 2 aromatic heterocycles. The Morgan fingerprint density at radius 3 is 2.80 bits per heavy atom. The van der Waals surface area contributed by atoms with Crippen LogP contribution in [0.15, 0.2) is 43.7 Å². The van der Waals surface area contributed by atoms with Crippen LogP contribution < -0.4 is 10.6 Å². The zero-order valence-corrected chi connectivity index (χ0v) is 18.9. The molecule has 138 valence electrons. The average Bonchev–Trinajstić information content (AvgIpc) is 3.33. The third-order valence-corrected chi connectivity index (χ3v) is 5.89. The van der Waals surface area contributed by atoms with E-state index in [0.29, 0.717) is 0 Å². The fourth-order valence-corrected chi connectivity index (χ4v) is 4.37. The highest BCUT2D eigenvalue weighted by Crippen LogP contribution is 2.25. The molecule has 25 heavy (non-hydrogen) atoms. The largest absolute Gasteiger partial charge is 0.468 e. The number of rotatable bonds is 6. The van der Waals surface area contributed by atoms with E-state index in [-0.39, 0.29) is 30.0 Å². The smallest absolute Gasteiger partial charge is 0.191 e. The van der Waals surface area contributed by atoms with E-state index in [1.165, 1.54) is 17.7 Å². The van der Waals surface area contributed by atoms with Crippen molar-refractivity contribution in [1.82, 2.24) is 15.5 Å². The van der Waals surface area contributed by atoms with Gasteiger partial charge in [0.05, 0.1) is 18.8 Å². The van der Waals surface area contributed by atoms with Gasteiger partial charge in [-0.3, -0.25) is 9.89 Å². The lowest BCUT2D eigenvalue weighted by molar-refractivity contribution is 0.215. The summed E-state index contributed by atoms with van der Waals surface area (Å²) in [4.78, 5) is 8.08. The Hall–Kier alpha value is -0.580. The molecule has 1 aliphatic heterocycles. The van der Waals surface area contributed by atoms with E-state index in [0.717, 1.165) is 42.4 Å². The van der Waals surface area contributed by atoms with Crippen LogP contribution in [0.2, 0.25) is 0 Å². The van der Waals surface area contributed by atoms with E-state index in [9.17, 15) is 0 Å². The summed E-state index contributed by atoms with van der Waals surface area (Å²) in [5, 5.41) is 8.90. The summed E-state index contributed by atoms with van der Waals surface area (Å²) in [6.45, 7) is 3.80. The van der Waals surface area contributed by atoms with E-state index >= 15 is 0 Å². The van der Waals surface area contributed by atoms with E-state index in [1.807, 2.05) is 6.07 Å². The highest BCUT2D eigenvalue weighted by Gasteiger charge is 2.25. The maximum absolute atomic E-state index is 5.66. The molecule has 1 fully saturated rings. The number of nitrogens with zero attached hydrogens (tertiary/aromatic N) is 2. The van der Waals surface area contributed by atoms with Crippen molar-refractivity contribution in [2.45, 2.75) is 25.4 Å². The van der Waals surface area contributed by atoms with Gasteiger partial charge < -0.3 is 15.1 Å². The van der Waals surface area contributed by atoms with Crippen molar-refractivity contribution in [2.24, 2.45) is 4.99 Å². The third-order valence-electron chi connectivity index (χ3n) is 4.19. The number of guanidine groups is 1. The SMILES string of the molecule is CN=C(NCc1cc(Br)cs1)NCC(c1ccco1)N1CCCC1.I. The van der Waals surface area contributed by atoms with Crippen LogP contribution in [0, 0.1) is 0 Å². The Kier molecular flexibility index (Phi) is 8.74. The zero-order valence-electron chi connectivity index (χ0n) is 14.2. The second-order valence-corrected chi connectivity index (χ2v) is 7.72. The zero-order chi connectivity index (χ0) is 16.8. The summed E-state index contributed by atoms with van der Waals surface area (Å²) in [5.74, 6) is 1.83. The molecule has 0 aliphatic carbocycles. The van der Waals surface area contributed by atoms with Crippen LogP contribution in [0.5, 0.6) is 0 Å². The molecule has 1 atom stereocenters. The molecule has 0 radical (unpaired) electrons. The summed E-state index contributed by atoms with van der Waals surface area (Å²) in [6.07, 6.45) is 4.27. The summed E-state index contributed by atoms with van der Waals surface area (Å²) < 4.78 is 6.78. The molecule has 5 nitrogen and oxygen atoms in total. The number of likely N-dealkylation sites (tertiary alicyclic amines) is 1. The second kappa shape index (κ2) is 10.5. The summed E-state index contributed by atoms with van der Waals surface area (Å²) in [6, 6.07) is 6.39. The van der Waals surface area contributed by atoms with Gasteiger partial charge in [0.1, 0.15) is 5.76 Å². The van der Waals surface area contributed by atoms with Crippen LogP contribution in [0.4, 0.5) is 0 Å². The molecule has 2 N–H and O–H groups in total. The molecule has 0 aromatic carbocycles. The van der Waals surface area contributed by atoms with E-state index in [2.05, 4.69) is 54.0 Å². The quantitative estimate of drug-likeness (QED) is 0.328. The van der Waals surface area contributed by atoms with Gasteiger partial charge in [-0.2, -0.15) is 0 Å². The normalized spacial score (nSPS) is 16.5. The molecular weight excluding hydrogens is 515 g/mol. The first-order valence-corrected chi connectivity index (χ1v) is 9.88. The Morgan fingerprint density at radius 2 is 2.20 bits per heavy atom. The lowest BCUT2D eigenvalue weighted by Gasteiger charge is -2.26. The Balaban J connectivity index is 0.00000225. The number of hydrogen-bond acceptors (Lipinski definition) is 4. The first-order valence-electron chi connectivity index (χ1n) is 8.21. The van der Waals surface area contributed by atoms with Crippen molar-refractivity contribution in [2.75, 3.05) is 26.7 Å². The fraction of sp³-hybridized carbons (Fsp3) is 0.471. The fourth-order valence-electron chi connectivity index (χ4n) is 2.98. The monoisotopic (exact) mass is 538 g/mol. The number of furan rings is 1. The van der Waals surface area contributed by atoms with Crippen molar-refractivity contribution in [3.63, 3.8) is 0 Å². The first kappa shape index (κ1) is 20.7. The van der Waals surface area contributed by atoms with Gasteiger partial charge in [0.2, 0.25) is 0 Å². The molecule has 3 heterocycles. The molecule has 0 saturated carbocycles. The first-order chi connectivity index (χ1) is 11.8. The van der Waals surface area contributed by atoms with Crippen molar-refractivity contribution in [3.05, 3.63) is 45.0 Å². The number of hydrogen-bond donors (Lipinski definition) is 2. The van der Waals surface area contributed by atoms with Gasteiger partial charge in [-0.1, -0.05) is 0 Å². The Labute approximate surface area is 178 Å². The molecule has 1 saturated heterocycles. The predicted molar refractivity (Wildman–Crippen MR) is 118 cm³/mol. The van der Waals surface area contributed by atoms with Crippen LogP contribution in [0.1, 0.15) is 29.5 Å². The molecule has 0 bridgehead atoms. The maximum atomic E-state index is 5.66. The van der Waals surface area contributed by atoms with Gasteiger partial charge in [-0.15, -0.1) is 35.3 Å². The lowest BCUT2D eigenvalue weighted by atomic mass is 10.2. The lowest BCUT2D eigenvalue weighted by Crippen LogP contribution is -2.42. The molecule has 3 rings (SSSR count). The number of thiophene rings is 1. The maximum Gasteiger partial charge on any atom is 0.191 e. The molecule has 0 amide bonds. The van der Waals surface area contributed by atoms with Crippen LogP contribution in [-0.4, -0.2) is 37.5 Å². The van der Waals surface area contributed by atoms with E-state index in [1.54, 1.807) is 24.6 Å². The predicted octanol–water partition coefficient (Wildman–Crippen LogP) is 4.22. The minimum absolute atomic E-state index is 0. The minimum atomic E-state index is 0. The standard InChI is InChI=1S/C17H23BrN4OS.HI/c1-19-17(20-10-14-9-13(18)12-24-14)21-11-15(16-5-4-8-23-16)22-6-2-3-7-22;/h4-5,8-9,12,15H,2-3,6-7,10-11H2,1H3,(H2,19,20,21);1H. The van der Waals surface area contributed by atoms with Gasteiger partial charge in [0, 0.05) is 28.3 Å². The topological polar surface area (TPSA) is 52.8 Å². The van der Waals surface area contributed by atoms with E-state index < -0.39 is 0 Å². The van der Waals surface area contributed by atoms with Crippen molar-refractivity contribution < 1.29 is 4.42 Å². The molecule has 8 heteroatoms. The summed E-state index contributed by atoms with van der Waals surface area (Å²) in [5.41, 5.74) is 0. The minimum Gasteiger partial charge on any atom is -0.468 e. The van der Waals surface area contributed by atoms with Gasteiger partial charge in [0.15, 0.2) is 5.96 Å². The van der Waals surface area contributed by atoms with Crippen LogP contribution in [-0.2, 0) is 6.54 Å². The Morgan fingerprint density at radius 1 is 1.40 bits per heavy atom. The van der Waals surface area contributed by atoms with Gasteiger partial charge >= 0.3 is 0 Å². The van der Waals surface area contributed by atoms with Crippen molar-refractivity contribution in [3.8, 4) is 0 Å². The molecule has 0 spiro atoms. The third kappa shape index (κ3) is 5.97. The molecular formula is C17H24BrIN4OS. The van der Waals surface area contributed by atoms with Crippen LogP contribution in [0.3, 0.4) is 0 Å². The number of halogens is 2. The molecule has 1 aliphatic rings. The molecule has 1 unspecified atom stereocenters. The number of nitrogens with one attached hydrogen (secondary N) is 2. The summed E-state index contributed by atoms with van der Waals surface area (Å²) >= 11 is 5.22. The van der Waals surface area contributed by atoms with Crippen LogP contribution >= 0.6 is 51.2 Å². The van der Waals surface area contributed by atoms with Gasteiger partial charge in [0.25, 0.3) is 0 Å².